The zero-order valence-electron chi connectivity index (χ0n) is 15.1. The van der Waals surface area contributed by atoms with E-state index in [2.05, 4.69) is 37.1 Å². The van der Waals surface area contributed by atoms with Crippen LogP contribution < -0.4 is 20.8 Å². The van der Waals surface area contributed by atoms with Crippen molar-refractivity contribution in [1.82, 2.24) is 16.1 Å². The van der Waals surface area contributed by atoms with Crippen molar-refractivity contribution in [3.05, 3.63) is 28.2 Å². The van der Waals surface area contributed by atoms with Crippen molar-refractivity contribution in [3.63, 3.8) is 0 Å². The largest absolute Gasteiger partial charge is 0.483 e. The van der Waals surface area contributed by atoms with Crippen molar-refractivity contribution in [1.29, 1.82) is 0 Å². The number of rotatable bonds is 6. The van der Waals surface area contributed by atoms with Crippen LogP contribution in [0.3, 0.4) is 0 Å². The van der Waals surface area contributed by atoms with E-state index in [1.165, 1.54) is 19.7 Å². The van der Waals surface area contributed by atoms with E-state index in [1.54, 1.807) is 18.2 Å². The molecule has 9 heteroatoms. The molecular weight excluding hydrogens is 416 g/mol. The number of nitrogens with zero attached hydrogens (tertiary/aromatic N) is 1. The van der Waals surface area contributed by atoms with Gasteiger partial charge in [-0.3, -0.25) is 14.4 Å². The Morgan fingerprint density at radius 2 is 1.96 bits per heavy atom. The molecule has 8 nitrogen and oxygen atoms in total. The molecule has 3 amide bonds. The van der Waals surface area contributed by atoms with Crippen molar-refractivity contribution >= 4 is 39.9 Å². The zero-order valence-corrected chi connectivity index (χ0v) is 16.7. The maximum absolute atomic E-state index is 12.1. The predicted octanol–water partition coefficient (Wildman–Crippen LogP) is 1.47. The molecule has 1 saturated carbocycles. The van der Waals surface area contributed by atoms with Crippen LogP contribution in [-0.4, -0.2) is 43.6 Å². The number of likely N-dealkylation sites (N-methyl/N-ethyl adjacent to an activating group) is 1. The summed E-state index contributed by atoms with van der Waals surface area (Å²) in [6, 6.07) is 5.42. The molecule has 146 valence electrons. The fraction of sp³-hybridized carbons (Fsp3) is 0.444. The lowest BCUT2D eigenvalue weighted by Gasteiger charge is -2.22. The number of ether oxygens (including phenoxy) is 1. The smallest absolute Gasteiger partial charge is 0.329 e. The molecule has 1 aromatic rings. The normalized spacial score (nSPS) is 14.6. The first kappa shape index (κ1) is 20.9. The van der Waals surface area contributed by atoms with Crippen molar-refractivity contribution < 1.29 is 19.1 Å². The van der Waals surface area contributed by atoms with Gasteiger partial charge in [0.1, 0.15) is 5.75 Å². The van der Waals surface area contributed by atoms with Crippen LogP contribution in [-0.2, 0) is 14.4 Å². The third-order valence-electron chi connectivity index (χ3n) is 4.10. The van der Waals surface area contributed by atoms with Gasteiger partial charge in [-0.15, -0.1) is 0 Å². The first-order chi connectivity index (χ1) is 13.0. The Balaban J connectivity index is 1.93. The summed E-state index contributed by atoms with van der Waals surface area (Å²) < 4.78 is 6.38. The number of carbonyl (C=O) groups excluding carboxylic acids is 3. The van der Waals surface area contributed by atoms with Crippen LogP contribution in [0.25, 0.3) is 0 Å². The number of nitrogens with one attached hydrogen (secondary N) is 3. The lowest BCUT2D eigenvalue weighted by Crippen LogP contribution is -2.39. The molecule has 0 unspecified atom stereocenters. The molecule has 1 aliphatic rings. The second kappa shape index (κ2) is 10.7. The molecular formula is C18H23BrN4O4. The van der Waals surface area contributed by atoms with Gasteiger partial charge in [0.15, 0.2) is 6.61 Å². The highest BCUT2D eigenvalue weighted by Gasteiger charge is 2.16. The van der Waals surface area contributed by atoms with Crippen LogP contribution in [0.2, 0.25) is 0 Å². The van der Waals surface area contributed by atoms with Crippen LogP contribution in [0.5, 0.6) is 5.75 Å². The number of carbonyl (C=O) groups is 3. The second-order valence-corrected chi connectivity index (χ2v) is 7.07. The summed E-state index contributed by atoms with van der Waals surface area (Å²) in [6.45, 7) is -0.108. The molecule has 0 saturated heterocycles. The first-order valence-corrected chi connectivity index (χ1v) is 9.55. The Morgan fingerprint density at radius 1 is 1.22 bits per heavy atom. The number of halogens is 1. The van der Waals surface area contributed by atoms with E-state index in [0.717, 1.165) is 30.2 Å². The number of benzene rings is 1. The topological polar surface area (TPSA) is 109 Å². The highest BCUT2D eigenvalue weighted by atomic mass is 79.9. The standard InChI is InChI=1S/C18H23BrN4O4/c1-20-17(25)18(26)23-21-10-12-9-13(19)7-8-15(12)27-11-16(24)22-14-5-3-2-4-6-14/h7-10,14H,2-6,11H2,1H3,(H,20,25)(H,22,24)(H,23,26)/b21-10-. The molecule has 0 radical (unpaired) electrons. The van der Waals surface area contributed by atoms with E-state index in [1.807, 2.05) is 0 Å². The predicted molar refractivity (Wildman–Crippen MR) is 104 cm³/mol. The quantitative estimate of drug-likeness (QED) is 0.354. The van der Waals surface area contributed by atoms with Gasteiger partial charge in [0.05, 0.1) is 6.21 Å². The van der Waals surface area contributed by atoms with Crippen molar-refractivity contribution in [2.24, 2.45) is 5.10 Å². The molecule has 1 aromatic carbocycles. The molecule has 27 heavy (non-hydrogen) atoms. The van der Waals surface area contributed by atoms with E-state index in [4.69, 9.17) is 4.74 Å². The third-order valence-corrected chi connectivity index (χ3v) is 4.60. The fourth-order valence-corrected chi connectivity index (χ4v) is 3.11. The van der Waals surface area contributed by atoms with Gasteiger partial charge in [0.2, 0.25) is 0 Å². The van der Waals surface area contributed by atoms with E-state index < -0.39 is 11.8 Å². The summed E-state index contributed by atoms with van der Waals surface area (Å²) in [6.07, 6.45) is 6.86. The van der Waals surface area contributed by atoms with Crippen LogP contribution in [0.4, 0.5) is 0 Å². The molecule has 0 aliphatic heterocycles. The monoisotopic (exact) mass is 438 g/mol. The van der Waals surface area contributed by atoms with Gasteiger partial charge in [0.25, 0.3) is 5.91 Å². The molecule has 0 heterocycles. The van der Waals surface area contributed by atoms with Crippen LogP contribution >= 0.6 is 15.9 Å². The van der Waals surface area contributed by atoms with E-state index in [0.29, 0.717) is 11.3 Å². The second-order valence-electron chi connectivity index (χ2n) is 6.15. The van der Waals surface area contributed by atoms with E-state index >= 15 is 0 Å². The van der Waals surface area contributed by atoms with E-state index in [9.17, 15) is 14.4 Å². The van der Waals surface area contributed by atoms with Crippen molar-refractivity contribution in [3.8, 4) is 5.75 Å². The molecule has 0 atom stereocenters. The molecule has 1 aliphatic carbocycles. The van der Waals surface area contributed by atoms with Crippen LogP contribution in [0.1, 0.15) is 37.7 Å². The highest BCUT2D eigenvalue weighted by Crippen LogP contribution is 2.22. The Morgan fingerprint density at radius 3 is 2.67 bits per heavy atom. The summed E-state index contributed by atoms with van der Waals surface area (Å²) in [4.78, 5) is 34.6. The van der Waals surface area contributed by atoms with Crippen molar-refractivity contribution in [2.75, 3.05) is 13.7 Å². The molecule has 3 N–H and O–H groups in total. The van der Waals surface area contributed by atoms with Gasteiger partial charge in [-0.05, 0) is 31.0 Å². The minimum Gasteiger partial charge on any atom is -0.483 e. The van der Waals surface area contributed by atoms with Crippen LogP contribution in [0.15, 0.2) is 27.8 Å². The Labute approximate surface area is 166 Å². The van der Waals surface area contributed by atoms with Gasteiger partial charge in [-0.2, -0.15) is 5.10 Å². The van der Waals surface area contributed by atoms with Gasteiger partial charge in [0, 0.05) is 23.1 Å². The third kappa shape index (κ3) is 7.01. The minimum absolute atomic E-state index is 0.108. The van der Waals surface area contributed by atoms with Gasteiger partial charge < -0.3 is 15.4 Å². The van der Waals surface area contributed by atoms with Crippen LogP contribution in [0, 0.1) is 0 Å². The Hall–Kier alpha value is -2.42. The maximum Gasteiger partial charge on any atom is 0.329 e. The molecule has 0 bridgehead atoms. The van der Waals surface area contributed by atoms with Crippen molar-refractivity contribution in [2.45, 2.75) is 38.1 Å². The summed E-state index contributed by atoms with van der Waals surface area (Å²) in [5, 5.41) is 8.93. The molecule has 0 aromatic heterocycles. The van der Waals surface area contributed by atoms with E-state index in [-0.39, 0.29) is 18.6 Å². The Kier molecular flexibility index (Phi) is 8.25. The highest BCUT2D eigenvalue weighted by molar-refractivity contribution is 9.10. The lowest BCUT2D eigenvalue weighted by molar-refractivity contribution is -0.138. The molecule has 1 fully saturated rings. The summed E-state index contributed by atoms with van der Waals surface area (Å²) in [7, 11) is 1.35. The Bertz CT molecular complexity index is 717. The fourth-order valence-electron chi connectivity index (χ4n) is 2.74. The zero-order chi connectivity index (χ0) is 19.6. The summed E-state index contributed by atoms with van der Waals surface area (Å²) in [5.41, 5.74) is 2.66. The number of hydrazone groups is 1. The van der Waals surface area contributed by atoms with Gasteiger partial charge >= 0.3 is 11.8 Å². The number of hydrogen-bond donors (Lipinski definition) is 3. The molecule has 0 spiro atoms. The summed E-state index contributed by atoms with van der Waals surface area (Å²) in [5.74, 6) is -1.40. The lowest BCUT2D eigenvalue weighted by atomic mass is 9.95. The number of hydrogen-bond acceptors (Lipinski definition) is 5. The number of amides is 3. The summed E-state index contributed by atoms with van der Waals surface area (Å²) >= 11 is 3.35. The van der Waals surface area contributed by atoms with Gasteiger partial charge in [-0.1, -0.05) is 35.2 Å². The minimum atomic E-state index is -0.877. The maximum atomic E-state index is 12.1. The average Bonchev–Trinajstić information content (AvgIpc) is 2.67. The molecule has 2 rings (SSSR count). The van der Waals surface area contributed by atoms with Gasteiger partial charge in [-0.25, -0.2) is 5.43 Å². The first-order valence-electron chi connectivity index (χ1n) is 8.76. The SMILES string of the molecule is CNC(=O)C(=O)N/N=C\c1cc(Br)ccc1OCC(=O)NC1CCCCC1. The average molecular weight is 439 g/mol.